The van der Waals surface area contributed by atoms with Gasteiger partial charge in [-0.05, 0) is 41.5 Å². The Hall–Kier alpha value is -3.42. The zero-order valence-electron chi connectivity index (χ0n) is 15.2. The zero-order chi connectivity index (χ0) is 20.3. The Morgan fingerprint density at radius 2 is 2.11 bits per heavy atom. The molecule has 3 rings (SSSR count). The number of benzene rings is 1. The molecule has 1 aromatic heterocycles. The van der Waals surface area contributed by atoms with Gasteiger partial charge in [0.2, 0.25) is 0 Å². The number of carbonyl (C=O) groups is 2. The average molecular weight is 385 g/mol. The SMILES string of the molecule is CNC1=c2[nH]c(=O)c(C(=O)NCCc3cccc(C(=O)O)c3)cc2=CC(F)C1. The van der Waals surface area contributed by atoms with Gasteiger partial charge in [0.05, 0.1) is 10.9 Å². The lowest BCUT2D eigenvalue weighted by Crippen LogP contribution is -2.45. The lowest BCUT2D eigenvalue weighted by atomic mass is 10.1. The van der Waals surface area contributed by atoms with Crippen LogP contribution in [-0.2, 0) is 6.42 Å². The van der Waals surface area contributed by atoms with E-state index in [1.807, 2.05) is 0 Å². The van der Waals surface area contributed by atoms with Crippen LogP contribution in [0.4, 0.5) is 4.39 Å². The molecular formula is C20H20FN3O4. The normalized spacial score (nSPS) is 15.4. The summed E-state index contributed by atoms with van der Waals surface area (Å²) >= 11 is 0. The fourth-order valence-corrected chi connectivity index (χ4v) is 3.15. The standard InChI is InChI=1S/C20H20FN3O4/c1-22-16-10-14(21)8-13-9-15(19(26)24-17(13)16)18(25)23-6-5-11-3-2-4-12(7-11)20(27)28/h2-4,7-9,14,22H,5-6,10H2,1H3,(H,23,25)(H,24,26)(H,27,28). The number of pyridine rings is 1. The van der Waals surface area contributed by atoms with Crippen LogP contribution in [0.25, 0.3) is 11.8 Å². The Balaban J connectivity index is 1.76. The summed E-state index contributed by atoms with van der Waals surface area (Å²) < 4.78 is 13.9. The number of hydrogen-bond donors (Lipinski definition) is 4. The van der Waals surface area contributed by atoms with Gasteiger partial charge < -0.3 is 20.7 Å². The number of aromatic carboxylic acids is 1. The summed E-state index contributed by atoms with van der Waals surface area (Å²) in [4.78, 5) is 38.3. The number of hydrogen-bond acceptors (Lipinski definition) is 4. The minimum atomic E-state index is -1.20. The van der Waals surface area contributed by atoms with Crippen molar-refractivity contribution in [3.8, 4) is 0 Å². The minimum Gasteiger partial charge on any atom is -0.478 e. The summed E-state index contributed by atoms with van der Waals surface area (Å²) in [7, 11) is 1.65. The molecule has 0 saturated heterocycles. The maximum absolute atomic E-state index is 13.9. The van der Waals surface area contributed by atoms with Gasteiger partial charge in [-0.25, -0.2) is 9.18 Å². The van der Waals surface area contributed by atoms with Gasteiger partial charge in [0, 0.05) is 25.7 Å². The number of alkyl halides is 1. The van der Waals surface area contributed by atoms with E-state index in [1.165, 1.54) is 24.3 Å². The molecule has 8 heteroatoms. The second-order valence-corrected chi connectivity index (χ2v) is 6.47. The quantitative estimate of drug-likeness (QED) is 0.555. The Labute approximate surface area is 159 Å². The average Bonchev–Trinajstić information content (AvgIpc) is 2.67. The molecule has 146 valence electrons. The van der Waals surface area contributed by atoms with Gasteiger partial charge in [0.15, 0.2) is 0 Å². The first-order valence-electron chi connectivity index (χ1n) is 8.79. The first-order chi connectivity index (χ1) is 13.4. The van der Waals surface area contributed by atoms with Crippen molar-refractivity contribution in [2.24, 2.45) is 0 Å². The first kappa shape index (κ1) is 19.3. The molecule has 0 fully saturated rings. The Kier molecular flexibility index (Phi) is 5.58. The third-order valence-corrected chi connectivity index (χ3v) is 4.55. The Morgan fingerprint density at radius 1 is 1.32 bits per heavy atom. The highest BCUT2D eigenvalue weighted by Gasteiger charge is 2.17. The van der Waals surface area contributed by atoms with Crippen LogP contribution in [0.3, 0.4) is 0 Å². The molecule has 0 radical (unpaired) electrons. The Bertz CT molecular complexity index is 1110. The van der Waals surface area contributed by atoms with Gasteiger partial charge in [-0.2, -0.15) is 0 Å². The second kappa shape index (κ2) is 8.08. The monoisotopic (exact) mass is 385 g/mol. The maximum Gasteiger partial charge on any atom is 0.335 e. The molecule has 1 heterocycles. The highest BCUT2D eigenvalue weighted by atomic mass is 19.1. The molecule has 2 aromatic rings. The molecule has 0 spiro atoms. The van der Waals surface area contributed by atoms with Crippen LogP contribution in [-0.4, -0.2) is 41.7 Å². The number of aromatic nitrogens is 1. The lowest BCUT2D eigenvalue weighted by Gasteiger charge is -2.14. The third kappa shape index (κ3) is 4.11. The van der Waals surface area contributed by atoms with Crippen molar-refractivity contribution >= 4 is 23.6 Å². The molecule has 1 aromatic carbocycles. The van der Waals surface area contributed by atoms with Gasteiger partial charge in [0.25, 0.3) is 11.5 Å². The molecule has 0 saturated carbocycles. The topological polar surface area (TPSA) is 111 Å². The molecule has 1 aliphatic rings. The van der Waals surface area contributed by atoms with Crippen molar-refractivity contribution in [1.29, 1.82) is 0 Å². The number of halogens is 1. The van der Waals surface area contributed by atoms with Crippen molar-refractivity contribution in [2.45, 2.75) is 19.0 Å². The van der Waals surface area contributed by atoms with Crippen molar-refractivity contribution in [3.05, 3.63) is 67.9 Å². The predicted molar refractivity (Wildman–Crippen MR) is 102 cm³/mol. The fraction of sp³-hybridized carbons (Fsp3) is 0.250. The molecule has 28 heavy (non-hydrogen) atoms. The molecule has 7 nitrogen and oxygen atoms in total. The lowest BCUT2D eigenvalue weighted by molar-refractivity contribution is 0.0696. The van der Waals surface area contributed by atoms with Crippen LogP contribution in [0.1, 0.15) is 32.7 Å². The predicted octanol–water partition coefficient (Wildman–Crippen LogP) is -0.104. The van der Waals surface area contributed by atoms with E-state index in [2.05, 4.69) is 15.6 Å². The molecule has 0 aliphatic heterocycles. The maximum atomic E-state index is 13.9. The summed E-state index contributed by atoms with van der Waals surface area (Å²) in [5, 5.41) is 15.5. The third-order valence-electron chi connectivity index (χ3n) is 4.55. The van der Waals surface area contributed by atoms with E-state index in [0.29, 0.717) is 22.7 Å². The molecule has 1 aliphatic carbocycles. The summed E-state index contributed by atoms with van der Waals surface area (Å²) in [6.45, 7) is 0.224. The van der Waals surface area contributed by atoms with Crippen LogP contribution < -0.4 is 26.8 Å². The second-order valence-electron chi connectivity index (χ2n) is 6.47. The number of carboxylic acids is 1. The molecule has 4 N–H and O–H groups in total. The molecular weight excluding hydrogens is 365 g/mol. The summed E-state index contributed by atoms with van der Waals surface area (Å²) in [6, 6.07) is 7.80. The highest BCUT2D eigenvalue weighted by Crippen LogP contribution is 2.08. The van der Waals surface area contributed by atoms with E-state index in [1.54, 1.807) is 19.2 Å². The molecule has 1 atom stereocenters. The largest absolute Gasteiger partial charge is 0.478 e. The van der Waals surface area contributed by atoms with Gasteiger partial charge in [0.1, 0.15) is 11.7 Å². The first-order valence-corrected chi connectivity index (χ1v) is 8.79. The van der Waals surface area contributed by atoms with Crippen LogP contribution >= 0.6 is 0 Å². The van der Waals surface area contributed by atoms with Gasteiger partial charge in [-0.15, -0.1) is 0 Å². The van der Waals surface area contributed by atoms with E-state index in [-0.39, 0.29) is 24.1 Å². The summed E-state index contributed by atoms with van der Waals surface area (Å²) in [6.07, 6.45) is 0.727. The zero-order valence-corrected chi connectivity index (χ0v) is 15.2. The fourth-order valence-electron chi connectivity index (χ4n) is 3.15. The van der Waals surface area contributed by atoms with Crippen LogP contribution in [0.2, 0.25) is 0 Å². The molecule has 1 amide bonds. The number of nitrogens with one attached hydrogen (secondary N) is 3. The summed E-state index contributed by atoms with van der Waals surface area (Å²) in [5.74, 6) is -1.59. The van der Waals surface area contributed by atoms with E-state index in [0.717, 1.165) is 5.56 Å². The number of rotatable bonds is 6. The number of amides is 1. The molecule has 0 bridgehead atoms. The summed E-state index contributed by atoms with van der Waals surface area (Å²) in [5.41, 5.74) is 0.845. The van der Waals surface area contributed by atoms with Crippen molar-refractivity contribution in [3.63, 3.8) is 0 Å². The van der Waals surface area contributed by atoms with Crippen LogP contribution in [0.5, 0.6) is 0 Å². The van der Waals surface area contributed by atoms with Crippen LogP contribution in [0, 0.1) is 0 Å². The number of carbonyl (C=O) groups excluding carboxylic acids is 1. The minimum absolute atomic E-state index is 0.0983. The van der Waals surface area contributed by atoms with E-state index in [4.69, 9.17) is 5.11 Å². The van der Waals surface area contributed by atoms with Gasteiger partial charge in [-0.1, -0.05) is 12.1 Å². The number of carboxylic acid groups (broad SMARTS) is 1. The van der Waals surface area contributed by atoms with Crippen LogP contribution in [0.15, 0.2) is 35.1 Å². The number of H-pyrrole nitrogens is 1. The van der Waals surface area contributed by atoms with E-state index in [9.17, 15) is 18.8 Å². The van der Waals surface area contributed by atoms with Gasteiger partial charge >= 0.3 is 5.97 Å². The Morgan fingerprint density at radius 3 is 2.82 bits per heavy atom. The van der Waals surface area contributed by atoms with Crippen molar-refractivity contribution in [1.82, 2.24) is 15.6 Å². The smallest absolute Gasteiger partial charge is 0.335 e. The van der Waals surface area contributed by atoms with Crippen molar-refractivity contribution in [2.75, 3.05) is 13.6 Å². The highest BCUT2D eigenvalue weighted by molar-refractivity contribution is 5.93. The van der Waals surface area contributed by atoms with Crippen molar-refractivity contribution < 1.29 is 19.1 Å². The van der Waals surface area contributed by atoms with Gasteiger partial charge in [-0.3, -0.25) is 9.59 Å². The molecule has 1 unspecified atom stereocenters. The van der Waals surface area contributed by atoms with E-state index >= 15 is 0 Å². The number of aromatic amines is 1. The number of fused-ring (bicyclic) bond motifs is 1. The van der Waals surface area contributed by atoms with E-state index < -0.39 is 23.6 Å².